The molecule has 2 saturated heterocycles. The molecular formula is C8H17Cl2N3O2. The topological polar surface area (TPSA) is 62.4 Å². The van der Waals surface area contributed by atoms with Crippen LogP contribution in [0, 0.1) is 0 Å². The highest BCUT2D eigenvalue weighted by Crippen LogP contribution is 2.13. The van der Waals surface area contributed by atoms with E-state index in [1.165, 1.54) is 7.11 Å². The van der Waals surface area contributed by atoms with E-state index in [2.05, 4.69) is 20.7 Å². The van der Waals surface area contributed by atoms with Gasteiger partial charge in [0.2, 0.25) is 0 Å². The van der Waals surface area contributed by atoms with Gasteiger partial charge in [0.25, 0.3) is 0 Å². The van der Waals surface area contributed by atoms with Crippen LogP contribution in [0.3, 0.4) is 0 Å². The van der Waals surface area contributed by atoms with Gasteiger partial charge in [-0.15, -0.1) is 24.8 Å². The molecule has 0 amide bonds. The van der Waals surface area contributed by atoms with Crippen molar-refractivity contribution in [3.05, 3.63) is 0 Å². The number of hydrogen-bond acceptors (Lipinski definition) is 5. The first kappa shape index (κ1) is 14.9. The molecule has 3 unspecified atom stereocenters. The SMILES string of the molecule is COC(=O)C1CC2NCNC2CN1.Cl.Cl. The molecule has 3 N–H and O–H groups in total. The van der Waals surface area contributed by atoms with E-state index < -0.39 is 0 Å². The smallest absolute Gasteiger partial charge is 0.322 e. The van der Waals surface area contributed by atoms with Crippen molar-refractivity contribution in [3.8, 4) is 0 Å². The molecule has 5 nitrogen and oxygen atoms in total. The molecule has 15 heavy (non-hydrogen) atoms. The van der Waals surface area contributed by atoms with Gasteiger partial charge in [0.05, 0.1) is 7.11 Å². The number of methoxy groups -OCH3 is 1. The van der Waals surface area contributed by atoms with Crippen LogP contribution in [0.2, 0.25) is 0 Å². The molecule has 90 valence electrons. The third kappa shape index (κ3) is 3.19. The van der Waals surface area contributed by atoms with Gasteiger partial charge in [0.1, 0.15) is 6.04 Å². The lowest BCUT2D eigenvalue weighted by Gasteiger charge is -2.30. The van der Waals surface area contributed by atoms with Crippen LogP contribution in [0.25, 0.3) is 0 Å². The minimum atomic E-state index is -0.160. The molecule has 0 radical (unpaired) electrons. The quantitative estimate of drug-likeness (QED) is 0.540. The minimum Gasteiger partial charge on any atom is -0.468 e. The number of esters is 1. The van der Waals surface area contributed by atoms with Gasteiger partial charge in [-0.2, -0.15) is 0 Å². The van der Waals surface area contributed by atoms with Gasteiger partial charge in [0.15, 0.2) is 0 Å². The summed E-state index contributed by atoms with van der Waals surface area (Å²) in [6, 6.07) is 0.727. The molecule has 2 fully saturated rings. The second-order valence-corrected chi connectivity index (χ2v) is 3.52. The third-order valence-corrected chi connectivity index (χ3v) is 2.77. The number of fused-ring (bicyclic) bond motifs is 1. The number of rotatable bonds is 1. The van der Waals surface area contributed by atoms with Gasteiger partial charge in [-0.3, -0.25) is 15.4 Å². The predicted molar refractivity (Wildman–Crippen MR) is 61.6 cm³/mol. The van der Waals surface area contributed by atoms with Crippen LogP contribution in [0.1, 0.15) is 6.42 Å². The lowest BCUT2D eigenvalue weighted by molar-refractivity contribution is -0.143. The largest absolute Gasteiger partial charge is 0.468 e. The van der Waals surface area contributed by atoms with Crippen molar-refractivity contribution in [1.82, 2.24) is 16.0 Å². The van der Waals surface area contributed by atoms with Crippen molar-refractivity contribution in [1.29, 1.82) is 0 Å². The summed E-state index contributed by atoms with van der Waals surface area (Å²) in [5, 5.41) is 9.78. The summed E-state index contributed by atoms with van der Waals surface area (Å²) in [7, 11) is 1.43. The molecule has 0 saturated carbocycles. The minimum absolute atomic E-state index is 0. The highest BCUT2D eigenvalue weighted by Gasteiger charge is 2.36. The van der Waals surface area contributed by atoms with E-state index in [1.54, 1.807) is 0 Å². The molecule has 2 aliphatic rings. The first-order valence-corrected chi connectivity index (χ1v) is 4.59. The molecule has 0 aliphatic carbocycles. The van der Waals surface area contributed by atoms with Crippen LogP contribution in [-0.4, -0.2) is 44.4 Å². The Balaban J connectivity index is 0.000000980. The summed E-state index contributed by atoms with van der Waals surface area (Å²) >= 11 is 0. The fourth-order valence-corrected chi connectivity index (χ4v) is 2.00. The average Bonchev–Trinajstić information content (AvgIpc) is 2.63. The molecule has 2 heterocycles. The van der Waals surface area contributed by atoms with Crippen LogP contribution >= 0.6 is 24.8 Å². The molecule has 3 atom stereocenters. The van der Waals surface area contributed by atoms with E-state index in [0.717, 1.165) is 19.6 Å². The molecule has 2 aliphatic heterocycles. The van der Waals surface area contributed by atoms with Crippen LogP contribution in [0.4, 0.5) is 0 Å². The molecule has 0 aromatic rings. The second kappa shape index (κ2) is 6.50. The Bertz CT molecular complexity index is 218. The Kier molecular flexibility index (Phi) is 6.47. The fourth-order valence-electron chi connectivity index (χ4n) is 2.00. The molecule has 0 spiro atoms. The fraction of sp³-hybridized carbons (Fsp3) is 0.875. The van der Waals surface area contributed by atoms with E-state index in [9.17, 15) is 4.79 Å². The zero-order chi connectivity index (χ0) is 9.26. The van der Waals surface area contributed by atoms with Crippen molar-refractivity contribution in [2.45, 2.75) is 24.5 Å². The molecular weight excluding hydrogens is 241 g/mol. The number of hydrogen-bond donors (Lipinski definition) is 3. The monoisotopic (exact) mass is 257 g/mol. The molecule has 2 rings (SSSR count). The van der Waals surface area contributed by atoms with Crippen LogP contribution in [0.5, 0.6) is 0 Å². The number of halogens is 2. The third-order valence-electron chi connectivity index (χ3n) is 2.77. The van der Waals surface area contributed by atoms with Gasteiger partial charge in [-0.05, 0) is 6.42 Å². The van der Waals surface area contributed by atoms with Gasteiger partial charge in [-0.25, -0.2) is 0 Å². The number of ether oxygens (including phenoxy) is 1. The first-order valence-electron chi connectivity index (χ1n) is 4.59. The summed E-state index contributed by atoms with van der Waals surface area (Å²) in [6.07, 6.45) is 0.810. The zero-order valence-electron chi connectivity index (χ0n) is 8.49. The van der Waals surface area contributed by atoms with Crippen LogP contribution < -0.4 is 16.0 Å². The van der Waals surface area contributed by atoms with Crippen molar-refractivity contribution in [2.24, 2.45) is 0 Å². The maximum absolute atomic E-state index is 11.2. The van der Waals surface area contributed by atoms with Crippen molar-refractivity contribution in [3.63, 3.8) is 0 Å². The average molecular weight is 258 g/mol. The second-order valence-electron chi connectivity index (χ2n) is 3.52. The van der Waals surface area contributed by atoms with Crippen LogP contribution in [0.15, 0.2) is 0 Å². The standard InChI is InChI=1S/C8H15N3O2.2ClH/c1-13-8(12)6-2-5-7(3-9-6)11-4-10-5;;/h5-7,9-11H,2-4H2,1H3;2*1H. The number of carbonyl (C=O) groups is 1. The summed E-state index contributed by atoms with van der Waals surface area (Å²) in [5.74, 6) is -0.160. The van der Waals surface area contributed by atoms with Gasteiger partial charge in [-0.1, -0.05) is 0 Å². The maximum Gasteiger partial charge on any atom is 0.322 e. The molecule has 0 bridgehead atoms. The van der Waals surface area contributed by atoms with Gasteiger partial charge >= 0.3 is 5.97 Å². The number of nitrogens with one attached hydrogen (secondary N) is 3. The van der Waals surface area contributed by atoms with Gasteiger partial charge in [0, 0.05) is 25.3 Å². The Morgan fingerprint density at radius 2 is 1.87 bits per heavy atom. The first-order chi connectivity index (χ1) is 6.31. The summed E-state index contributed by atoms with van der Waals surface area (Å²) in [5.41, 5.74) is 0. The highest BCUT2D eigenvalue weighted by atomic mass is 35.5. The lowest BCUT2D eigenvalue weighted by Crippen LogP contribution is -2.55. The van der Waals surface area contributed by atoms with E-state index in [4.69, 9.17) is 0 Å². The Morgan fingerprint density at radius 1 is 1.20 bits per heavy atom. The molecule has 7 heteroatoms. The Morgan fingerprint density at radius 3 is 2.53 bits per heavy atom. The Labute approximate surface area is 102 Å². The zero-order valence-corrected chi connectivity index (χ0v) is 10.1. The summed E-state index contributed by atoms with van der Waals surface area (Å²) in [4.78, 5) is 11.2. The summed E-state index contributed by atoms with van der Waals surface area (Å²) in [6.45, 7) is 1.67. The van der Waals surface area contributed by atoms with E-state index in [-0.39, 0.29) is 36.8 Å². The number of piperidine rings is 1. The maximum atomic E-state index is 11.2. The van der Waals surface area contributed by atoms with Crippen molar-refractivity contribution >= 4 is 30.8 Å². The van der Waals surface area contributed by atoms with E-state index in [0.29, 0.717) is 12.1 Å². The highest BCUT2D eigenvalue weighted by molar-refractivity contribution is 5.85. The van der Waals surface area contributed by atoms with Gasteiger partial charge < -0.3 is 10.1 Å². The number of carbonyl (C=O) groups excluding carboxylic acids is 1. The summed E-state index contributed by atoms with van der Waals surface area (Å²) < 4.78 is 4.69. The predicted octanol–water partition coefficient (Wildman–Crippen LogP) is -0.748. The van der Waals surface area contributed by atoms with Crippen molar-refractivity contribution in [2.75, 3.05) is 20.3 Å². The van der Waals surface area contributed by atoms with Crippen molar-refractivity contribution < 1.29 is 9.53 Å². The normalized spacial score (nSPS) is 33.3. The molecule has 0 aromatic carbocycles. The molecule has 0 aromatic heterocycles. The lowest BCUT2D eigenvalue weighted by atomic mass is 9.96. The van der Waals surface area contributed by atoms with E-state index in [1.807, 2.05) is 0 Å². The van der Waals surface area contributed by atoms with E-state index >= 15 is 0 Å². The van der Waals surface area contributed by atoms with Crippen LogP contribution in [-0.2, 0) is 9.53 Å². The Hall–Kier alpha value is -0.0700.